The minimum absolute atomic E-state index is 0.926. The van der Waals surface area contributed by atoms with Crippen molar-refractivity contribution >= 4 is 17.0 Å². The van der Waals surface area contributed by atoms with Gasteiger partial charge in [-0.05, 0) is 17.2 Å². The molecule has 0 unspecified atom stereocenters. The van der Waals surface area contributed by atoms with E-state index in [2.05, 4.69) is 36.9 Å². The lowest BCUT2D eigenvalue weighted by molar-refractivity contribution is 0.617. The minimum atomic E-state index is 0.926. The van der Waals surface area contributed by atoms with Gasteiger partial charge in [0, 0.05) is 10.9 Å². The van der Waals surface area contributed by atoms with Crippen LogP contribution >= 0.6 is 0 Å². The zero-order valence-corrected chi connectivity index (χ0v) is 9.39. The number of furan rings is 1. The Morgan fingerprint density at radius 2 is 1.71 bits per heavy atom. The zero-order chi connectivity index (χ0) is 11.7. The Morgan fingerprint density at radius 1 is 0.941 bits per heavy atom. The van der Waals surface area contributed by atoms with Crippen molar-refractivity contribution in [3.63, 3.8) is 0 Å². The minimum Gasteiger partial charge on any atom is -0.464 e. The van der Waals surface area contributed by atoms with E-state index in [1.165, 1.54) is 5.56 Å². The molecule has 2 aromatic carbocycles. The molecule has 1 aromatic heterocycles. The van der Waals surface area contributed by atoms with E-state index in [1.807, 2.05) is 30.5 Å². The Kier molecular flexibility index (Phi) is 2.30. The van der Waals surface area contributed by atoms with Crippen molar-refractivity contribution in [1.29, 1.82) is 0 Å². The molecule has 3 aromatic rings. The van der Waals surface area contributed by atoms with Gasteiger partial charge in [-0.15, -0.1) is 0 Å². The quantitative estimate of drug-likeness (QED) is 0.607. The first-order chi connectivity index (χ1) is 8.38. The summed E-state index contributed by atoms with van der Waals surface area (Å²) in [5.74, 6) is 0. The maximum absolute atomic E-state index is 5.54. The van der Waals surface area contributed by atoms with Crippen LogP contribution in [0.3, 0.4) is 0 Å². The van der Waals surface area contributed by atoms with Gasteiger partial charge < -0.3 is 4.42 Å². The fourth-order valence-electron chi connectivity index (χ4n) is 2.00. The standard InChI is InChI=1S/C16H12O/c1-2-12-7-9-13(10-8-12)15-11-17-16-6-4-3-5-14(15)16/h2-11H,1H2. The molecule has 1 nitrogen and oxygen atoms in total. The first-order valence-electron chi connectivity index (χ1n) is 5.57. The molecular formula is C16H12O. The van der Waals surface area contributed by atoms with Crippen molar-refractivity contribution in [2.24, 2.45) is 0 Å². The van der Waals surface area contributed by atoms with Crippen LogP contribution < -0.4 is 0 Å². The maximum atomic E-state index is 5.54. The molecule has 0 aliphatic rings. The summed E-state index contributed by atoms with van der Waals surface area (Å²) in [7, 11) is 0. The molecule has 1 heteroatoms. The predicted octanol–water partition coefficient (Wildman–Crippen LogP) is 4.74. The van der Waals surface area contributed by atoms with Gasteiger partial charge in [-0.2, -0.15) is 0 Å². The molecule has 17 heavy (non-hydrogen) atoms. The second-order valence-electron chi connectivity index (χ2n) is 3.97. The first-order valence-corrected chi connectivity index (χ1v) is 5.57. The van der Waals surface area contributed by atoms with Crippen LogP contribution in [0.2, 0.25) is 0 Å². The Balaban J connectivity index is 2.16. The van der Waals surface area contributed by atoms with Gasteiger partial charge in [-0.3, -0.25) is 0 Å². The van der Waals surface area contributed by atoms with E-state index in [0.717, 1.165) is 22.1 Å². The van der Waals surface area contributed by atoms with Crippen molar-refractivity contribution < 1.29 is 4.42 Å². The van der Waals surface area contributed by atoms with Crippen LogP contribution in [0.15, 0.2) is 65.8 Å². The van der Waals surface area contributed by atoms with Crippen LogP contribution in [0.5, 0.6) is 0 Å². The third kappa shape index (κ3) is 1.66. The average molecular weight is 220 g/mol. The second-order valence-corrected chi connectivity index (χ2v) is 3.97. The van der Waals surface area contributed by atoms with Crippen LogP contribution in [0.4, 0.5) is 0 Å². The van der Waals surface area contributed by atoms with E-state index in [-0.39, 0.29) is 0 Å². The molecule has 0 bridgehead atoms. The molecule has 0 aliphatic heterocycles. The van der Waals surface area contributed by atoms with Crippen LogP contribution in [0.25, 0.3) is 28.2 Å². The van der Waals surface area contributed by atoms with Crippen LogP contribution in [-0.2, 0) is 0 Å². The first kappa shape index (κ1) is 9.91. The Bertz CT molecular complexity index is 659. The normalized spacial score (nSPS) is 10.6. The summed E-state index contributed by atoms with van der Waals surface area (Å²) in [5, 5.41) is 1.15. The Morgan fingerprint density at radius 3 is 2.47 bits per heavy atom. The van der Waals surface area contributed by atoms with E-state index in [4.69, 9.17) is 4.42 Å². The summed E-state index contributed by atoms with van der Waals surface area (Å²) in [6, 6.07) is 16.4. The van der Waals surface area contributed by atoms with Crippen LogP contribution in [-0.4, -0.2) is 0 Å². The van der Waals surface area contributed by atoms with E-state index in [9.17, 15) is 0 Å². The molecule has 1 heterocycles. The van der Waals surface area contributed by atoms with Gasteiger partial charge in [0.25, 0.3) is 0 Å². The van der Waals surface area contributed by atoms with Gasteiger partial charge in [0.1, 0.15) is 5.58 Å². The van der Waals surface area contributed by atoms with Crippen molar-refractivity contribution in [3.05, 3.63) is 66.9 Å². The molecule has 0 radical (unpaired) electrons. The third-order valence-electron chi connectivity index (χ3n) is 2.94. The lowest BCUT2D eigenvalue weighted by Crippen LogP contribution is -1.76. The van der Waals surface area contributed by atoms with E-state index in [0.29, 0.717) is 0 Å². The largest absolute Gasteiger partial charge is 0.464 e. The monoisotopic (exact) mass is 220 g/mol. The number of hydrogen-bond donors (Lipinski definition) is 0. The lowest BCUT2D eigenvalue weighted by Gasteiger charge is -1.99. The summed E-state index contributed by atoms with van der Waals surface area (Å²) in [4.78, 5) is 0. The fraction of sp³-hybridized carbons (Fsp3) is 0. The van der Waals surface area contributed by atoms with E-state index < -0.39 is 0 Å². The molecule has 82 valence electrons. The number of benzene rings is 2. The van der Waals surface area contributed by atoms with Gasteiger partial charge in [-0.25, -0.2) is 0 Å². The SMILES string of the molecule is C=Cc1ccc(-c2coc3ccccc23)cc1. The fourth-order valence-corrected chi connectivity index (χ4v) is 2.00. The van der Waals surface area contributed by atoms with Crippen molar-refractivity contribution in [1.82, 2.24) is 0 Å². The van der Waals surface area contributed by atoms with Gasteiger partial charge in [0.15, 0.2) is 0 Å². The summed E-state index contributed by atoms with van der Waals surface area (Å²) in [5.41, 5.74) is 4.36. The summed E-state index contributed by atoms with van der Waals surface area (Å²) in [6.45, 7) is 3.75. The molecule has 0 aliphatic carbocycles. The summed E-state index contributed by atoms with van der Waals surface area (Å²) >= 11 is 0. The Labute approximate surface area is 100 Å². The maximum Gasteiger partial charge on any atom is 0.134 e. The third-order valence-corrected chi connectivity index (χ3v) is 2.94. The summed E-state index contributed by atoms with van der Waals surface area (Å²) in [6.07, 6.45) is 3.66. The van der Waals surface area contributed by atoms with Crippen molar-refractivity contribution in [2.45, 2.75) is 0 Å². The highest BCUT2D eigenvalue weighted by atomic mass is 16.3. The molecule has 3 rings (SSSR count). The number of fused-ring (bicyclic) bond motifs is 1. The highest BCUT2D eigenvalue weighted by Crippen LogP contribution is 2.30. The van der Waals surface area contributed by atoms with Gasteiger partial charge in [-0.1, -0.05) is 55.1 Å². The Hall–Kier alpha value is -2.28. The average Bonchev–Trinajstić information content (AvgIpc) is 2.83. The van der Waals surface area contributed by atoms with Gasteiger partial charge in [0.05, 0.1) is 6.26 Å². The van der Waals surface area contributed by atoms with Crippen molar-refractivity contribution in [2.75, 3.05) is 0 Å². The molecule has 0 N–H and O–H groups in total. The molecule has 0 saturated heterocycles. The van der Waals surface area contributed by atoms with Crippen molar-refractivity contribution in [3.8, 4) is 11.1 Å². The zero-order valence-electron chi connectivity index (χ0n) is 9.39. The topological polar surface area (TPSA) is 13.1 Å². The van der Waals surface area contributed by atoms with E-state index in [1.54, 1.807) is 0 Å². The van der Waals surface area contributed by atoms with E-state index >= 15 is 0 Å². The molecule has 0 atom stereocenters. The molecule has 0 saturated carbocycles. The van der Waals surface area contributed by atoms with Gasteiger partial charge >= 0.3 is 0 Å². The molecular weight excluding hydrogens is 208 g/mol. The number of rotatable bonds is 2. The molecule has 0 amide bonds. The second kappa shape index (κ2) is 3.95. The summed E-state index contributed by atoms with van der Waals surface area (Å²) < 4.78 is 5.54. The number of hydrogen-bond acceptors (Lipinski definition) is 1. The smallest absolute Gasteiger partial charge is 0.134 e. The van der Waals surface area contributed by atoms with Crippen LogP contribution in [0.1, 0.15) is 5.56 Å². The lowest BCUT2D eigenvalue weighted by atomic mass is 10.0. The predicted molar refractivity (Wildman–Crippen MR) is 71.7 cm³/mol. The highest BCUT2D eigenvalue weighted by molar-refractivity contribution is 5.93. The molecule has 0 spiro atoms. The number of para-hydroxylation sites is 1. The van der Waals surface area contributed by atoms with Gasteiger partial charge in [0.2, 0.25) is 0 Å². The molecule has 0 fully saturated rings. The highest BCUT2D eigenvalue weighted by Gasteiger charge is 2.06. The van der Waals surface area contributed by atoms with Crippen LogP contribution in [0, 0.1) is 0 Å².